The Labute approximate surface area is 101 Å². The Hall–Kier alpha value is -2.18. The molecule has 2 N–H and O–H groups in total. The predicted molar refractivity (Wildman–Crippen MR) is 57.0 cm³/mol. The van der Waals surface area contributed by atoms with E-state index in [-0.39, 0.29) is 12.2 Å². The highest BCUT2D eigenvalue weighted by Crippen LogP contribution is 2.28. The molecular weight excluding hydrogens is 244 g/mol. The third kappa shape index (κ3) is 2.55. The van der Waals surface area contributed by atoms with E-state index in [2.05, 4.69) is 11.2 Å². The van der Waals surface area contributed by atoms with Gasteiger partial charge in [0.05, 0.1) is 6.54 Å². The minimum Gasteiger partial charge on any atom is -0.458 e. The van der Waals surface area contributed by atoms with Crippen LogP contribution < -0.4 is 5.73 Å². The van der Waals surface area contributed by atoms with E-state index < -0.39 is 17.6 Å². The first-order valence-electron chi connectivity index (χ1n) is 5.08. The van der Waals surface area contributed by atoms with Crippen LogP contribution in [0, 0.1) is 6.07 Å². The summed E-state index contributed by atoms with van der Waals surface area (Å²) in [7, 11) is 0. The normalized spacial score (nSPS) is 11.7. The second kappa shape index (κ2) is 4.25. The monoisotopic (exact) mass is 254 g/mol. The van der Waals surface area contributed by atoms with E-state index in [4.69, 9.17) is 10.2 Å². The Balaban J connectivity index is 2.14. The molecule has 0 bridgehead atoms. The minimum atomic E-state index is -3.02. The van der Waals surface area contributed by atoms with Gasteiger partial charge < -0.3 is 10.2 Å². The first kappa shape index (κ1) is 12.3. The van der Waals surface area contributed by atoms with Gasteiger partial charge in [0.1, 0.15) is 5.76 Å². The molecule has 0 aromatic carbocycles. The van der Waals surface area contributed by atoms with Gasteiger partial charge in [-0.1, -0.05) is 0 Å². The van der Waals surface area contributed by atoms with E-state index >= 15 is 0 Å². The van der Waals surface area contributed by atoms with Crippen molar-refractivity contribution in [1.82, 2.24) is 9.78 Å². The zero-order valence-electron chi connectivity index (χ0n) is 9.48. The molecular formula is C11H10F2N3O2. The van der Waals surface area contributed by atoms with Gasteiger partial charge in [0.25, 0.3) is 5.91 Å². The SMILES string of the molecule is CC(F)(F)c1ccc(Cn2c[c]c(C(N)=O)n2)o1. The van der Waals surface area contributed by atoms with Crippen LogP contribution in [0.4, 0.5) is 8.78 Å². The summed E-state index contributed by atoms with van der Waals surface area (Å²) in [5.41, 5.74) is 5.00. The molecule has 5 nitrogen and oxygen atoms in total. The summed E-state index contributed by atoms with van der Waals surface area (Å²) >= 11 is 0. The van der Waals surface area contributed by atoms with Crippen LogP contribution in [0.1, 0.15) is 28.9 Å². The van der Waals surface area contributed by atoms with Crippen molar-refractivity contribution in [2.24, 2.45) is 5.73 Å². The lowest BCUT2D eigenvalue weighted by Gasteiger charge is -2.05. The zero-order valence-corrected chi connectivity index (χ0v) is 9.48. The Morgan fingerprint density at radius 1 is 1.61 bits per heavy atom. The van der Waals surface area contributed by atoms with Crippen LogP contribution in [0.2, 0.25) is 0 Å². The van der Waals surface area contributed by atoms with Crippen molar-refractivity contribution < 1.29 is 18.0 Å². The molecule has 18 heavy (non-hydrogen) atoms. The van der Waals surface area contributed by atoms with Crippen molar-refractivity contribution in [3.05, 3.63) is 41.6 Å². The largest absolute Gasteiger partial charge is 0.458 e. The molecule has 1 radical (unpaired) electrons. The summed E-state index contributed by atoms with van der Waals surface area (Å²) in [5, 5.41) is 3.82. The molecule has 2 aromatic heterocycles. The average Bonchev–Trinajstić information content (AvgIpc) is 2.85. The van der Waals surface area contributed by atoms with Gasteiger partial charge in [-0.05, 0) is 12.1 Å². The smallest absolute Gasteiger partial charge is 0.301 e. The lowest BCUT2D eigenvalue weighted by Crippen LogP contribution is -2.12. The lowest BCUT2D eigenvalue weighted by atomic mass is 10.3. The Kier molecular flexibility index (Phi) is 2.90. The van der Waals surface area contributed by atoms with Gasteiger partial charge in [-0.2, -0.15) is 13.9 Å². The van der Waals surface area contributed by atoms with E-state index in [1.807, 2.05) is 0 Å². The van der Waals surface area contributed by atoms with Crippen LogP contribution in [-0.4, -0.2) is 15.7 Å². The number of aromatic nitrogens is 2. The number of carbonyl (C=O) groups is 1. The van der Waals surface area contributed by atoms with Gasteiger partial charge in [0.15, 0.2) is 11.5 Å². The molecule has 0 unspecified atom stereocenters. The summed E-state index contributed by atoms with van der Waals surface area (Å²) in [4.78, 5) is 10.8. The van der Waals surface area contributed by atoms with Crippen LogP contribution in [0.15, 0.2) is 22.7 Å². The van der Waals surface area contributed by atoms with E-state index in [0.29, 0.717) is 5.76 Å². The first-order chi connectivity index (χ1) is 8.36. The fourth-order valence-corrected chi connectivity index (χ4v) is 1.38. The maximum Gasteiger partial charge on any atom is 0.301 e. The fraction of sp³-hybridized carbons (Fsp3) is 0.273. The zero-order chi connectivity index (χ0) is 13.3. The fourth-order valence-electron chi connectivity index (χ4n) is 1.38. The van der Waals surface area contributed by atoms with Crippen molar-refractivity contribution in [2.75, 3.05) is 0 Å². The van der Waals surface area contributed by atoms with Crippen molar-refractivity contribution >= 4 is 5.91 Å². The molecule has 0 saturated carbocycles. The molecule has 1 amide bonds. The summed E-state index contributed by atoms with van der Waals surface area (Å²) in [6, 6.07) is 5.18. The van der Waals surface area contributed by atoms with Crippen LogP contribution >= 0.6 is 0 Å². The molecule has 2 heterocycles. The Morgan fingerprint density at radius 3 is 2.83 bits per heavy atom. The quantitative estimate of drug-likeness (QED) is 0.899. The number of hydrogen-bond acceptors (Lipinski definition) is 3. The van der Waals surface area contributed by atoms with E-state index in [9.17, 15) is 13.6 Å². The molecule has 0 spiro atoms. The highest BCUT2D eigenvalue weighted by Gasteiger charge is 2.28. The number of carbonyl (C=O) groups excluding carboxylic acids is 1. The van der Waals surface area contributed by atoms with Crippen LogP contribution in [0.3, 0.4) is 0 Å². The number of furan rings is 1. The summed E-state index contributed by atoms with van der Waals surface area (Å²) < 4.78 is 32.2. The predicted octanol–water partition coefficient (Wildman–Crippen LogP) is 1.54. The summed E-state index contributed by atoms with van der Waals surface area (Å²) in [6.07, 6.45) is 1.40. The van der Waals surface area contributed by atoms with Gasteiger partial charge in [-0.25, -0.2) is 0 Å². The average molecular weight is 254 g/mol. The number of amides is 1. The molecule has 0 saturated heterocycles. The van der Waals surface area contributed by atoms with E-state index in [1.54, 1.807) is 0 Å². The molecule has 2 aromatic rings. The third-order valence-corrected chi connectivity index (χ3v) is 2.22. The van der Waals surface area contributed by atoms with Crippen molar-refractivity contribution in [2.45, 2.75) is 19.4 Å². The summed E-state index contributed by atoms with van der Waals surface area (Å²) in [5.74, 6) is -3.83. The van der Waals surface area contributed by atoms with Crippen LogP contribution in [-0.2, 0) is 12.5 Å². The van der Waals surface area contributed by atoms with Gasteiger partial charge in [0, 0.05) is 19.2 Å². The van der Waals surface area contributed by atoms with Crippen molar-refractivity contribution in [1.29, 1.82) is 0 Å². The van der Waals surface area contributed by atoms with Gasteiger partial charge in [-0.3, -0.25) is 9.48 Å². The van der Waals surface area contributed by atoms with Gasteiger partial charge >= 0.3 is 5.92 Å². The van der Waals surface area contributed by atoms with E-state index in [0.717, 1.165) is 6.92 Å². The van der Waals surface area contributed by atoms with Crippen molar-refractivity contribution in [3.63, 3.8) is 0 Å². The molecule has 0 atom stereocenters. The number of rotatable bonds is 4. The molecule has 0 fully saturated rings. The maximum atomic E-state index is 12.9. The molecule has 7 heteroatoms. The number of hydrogen-bond donors (Lipinski definition) is 1. The number of nitrogens with zero attached hydrogens (tertiary/aromatic N) is 2. The summed E-state index contributed by atoms with van der Waals surface area (Å²) in [6.45, 7) is 0.877. The molecule has 2 rings (SSSR count). The molecule has 0 aliphatic heterocycles. The highest BCUT2D eigenvalue weighted by atomic mass is 19.3. The number of nitrogens with two attached hydrogens (primary N) is 1. The van der Waals surface area contributed by atoms with Gasteiger partial charge in [-0.15, -0.1) is 0 Å². The maximum absolute atomic E-state index is 12.9. The molecule has 95 valence electrons. The topological polar surface area (TPSA) is 74.0 Å². The van der Waals surface area contributed by atoms with Crippen LogP contribution in [0.25, 0.3) is 0 Å². The standard InChI is InChI=1S/C11H10F2N3O2/c1-11(12,13)9-3-2-7(18-9)6-16-5-4-8(15-16)10(14)17/h2-3,5H,6H2,1H3,(H2,14,17). The van der Waals surface area contributed by atoms with Crippen LogP contribution in [0.5, 0.6) is 0 Å². The number of alkyl halides is 2. The molecule has 0 aliphatic rings. The minimum absolute atomic E-state index is 0.0115. The third-order valence-electron chi connectivity index (χ3n) is 2.22. The number of halogens is 2. The molecule has 0 aliphatic carbocycles. The Bertz CT molecular complexity index is 569. The van der Waals surface area contributed by atoms with Crippen molar-refractivity contribution in [3.8, 4) is 0 Å². The second-order valence-electron chi connectivity index (χ2n) is 3.84. The first-order valence-corrected chi connectivity index (χ1v) is 5.08. The lowest BCUT2D eigenvalue weighted by molar-refractivity contribution is -0.00636. The second-order valence-corrected chi connectivity index (χ2v) is 3.84. The van der Waals surface area contributed by atoms with E-state index in [1.165, 1.54) is 23.0 Å². The number of primary amides is 1. The van der Waals surface area contributed by atoms with Gasteiger partial charge in [0.2, 0.25) is 0 Å². The highest BCUT2D eigenvalue weighted by molar-refractivity contribution is 5.90. The Morgan fingerprint density at radius 2 is 2.33 bits per heavy atom.